The van der Waals surface area contributed by atoms with Crippen molar-refractivity contribution < 1.29 is 29.2 Å². The van der Waals surface area contributed by atoms with Crippen LogP contribution in [-0.2, 0) is 20.8 Å². The number of methoxy groups -OCH3 is 1. The first-order chi connectivity index (χ1) is 13.4. The molecule has 0 aliphatic carbocycles. The summed E-state index contributed by atoms with van der Waals surface area (Å²) < 4.78 is 22.8. The second kappa shape index (κ2) is 9.03. The molecule has 1 aliphatic heterocycles. The van der Waals surface area contributed by atoms with Crippen molar-refractivity contribution in [3.05, 3.63) is 65.7 Å². The third kappa shape index (κ3) is 4.90. The highest BCUT2D eigenvalue weighted by Crippen LogP contribution is 2.39. The highest BCUT2D eigenvalue weighted by Gasteiger charge is 2.48. The Balaban J connectivity index is 1.69. The average Bonchev–Trinajstić information content (AvgIpc) is 3.03. The molecular formula is C22H28O6. The summed E-state index contributed by atoms with van der Waals surface area (Å²) in [6.07, 6.45) is -3.49. The lowest BCUT2D eigenvalue weighted by Gasteiger charge is -2.26. The van der Waals surface area contributed by atoms with Crippen molar-refractivity contribution in [3.8, 4) is 5.75 Å². The zero-order valence-electron chi connectivity index (χ0n) is 16.4. The Morgan fingerprint density at radius 1 is 0.964 bits per heavy atom. The average molecular weight is 388 g/mol. The Labute approximate surface area is 165 Å². The van der Waals surface area contributed by atoms with Gasteiger partial charge in [0, 0.05) is 5.56 Å². The van der Waals surface area contributed by atoms with Crippen LogP contribution in [0.2, 0.25) is 0 Å². The van der Waals surface area contributed by atoms with Crippen LogP contribution in [0.3, 0.4) is 0 Å². The van der Waals surface area contributed by atoms with Gasteiger partial charge in [-0.25, -0.2) is 0 Å². The van der Waals surface area contributed by atoms with E-state index in [9.17, 15) is 10.2 Å². The fourth-order valence-corrected chi connectivity index (χ4v) is 3.41. The minimum absolute atomic E-state index is 0.0636. The van der Waals surface area contributed by atoms with Gasteiger partial charge in [0.05, 0.1) is 20.3 Å². The van der Waals surface area contributed by atoms with Crippen LogP contribution in [0, 0.1) is 0 Å². The molecule has 0 spiro atoms. The molecule has 6 nitrogen and oxygen atoms in total. The zero-order chi connectivity index (χ0) is 20.1. The highest BCUT2D eigenvalue weighted by atomic mass is 16.8. The van der Waals surface area contributed by atoms with E-state index in [1.54, 1.807) is 33.1 Å². The summed E-state index contributed by atoms with van der Waals surface area (Å²) in [4.78, 5) is 0. The molecule has 0 amide bonds. The summed E-state index contributed by atoms with van der Waals surface area (Å²) in [5, 5.41) is 21.6. The van der Waals surface area contributed by atoms with E-state index >= 15 is 0 Å². The van der Waals surface area contributed by atoms with E-state index in [-0.39, 0.29) is 6.61 Å². The fraction of sp³-hybridized carbons (Fsp3) is 0.455. The topological polar surface area (TPSA) is 77.4 Å². The number of ether oxygens (including phenoxy) is 4. The van der Waals surface area contributed by atoms with Crippen molar-refractivity contribution in [1.29, 1.82) is 0 Å². The molecule has 6 heteroatoms. The molecule has 1 heterocycles. The van der Waals surface area contributed by atoms with E-state index in [2.05, 4.69) is 0 Å². The molecule has 4 atom stereocenters. The second-order valence-corrected chi connectivity index (χ2v) is 7.32. The van der Waals surface area contributed by atoms with Crippen molar-refractivity contribution in [3.63, 3.8) is 0 Å². The van der Waals surface area contributed by atoms with E-state index in [4.69, 9.17) is 18.9 Å². The minimum Gasteiger partial charge on any atom is -0.496 e. The molecule has 0 aromatic heterocycles. The van der Waals surface area contributed by atoms with Gasteiger partial charge in [0.1, 0.15) is 30.2 Å². The first-order valence-electron chi connectivity index (χ1n) is 9.37. The van der Waals surface area contributed by atoms with Crippen LogP contribution in [0.25, 0.3) is 0 Å². The lowest BCUT2D eigenvalue weighted by atomic mass is 9.97. The Bertz CT molecular complexity index is 748. The van der Waals surface area contributed by atoms with Gasteiger partial charge in [0.25, 0.3) is 0 Å². The first kappa shape index (κ1) is 20.8. The van der Waals surface area contributed by atoms with Gasteiger partial charge in [-0.3, -0.25) is 0 Å². The molecule has 1 fully saturated rings. The van der Waals surface area contributed by atoms with Crippen molar-refractivity contribution in [1.82, 2.24) is 0 Å². The SMILES string of the molecule is COc1ccccc1[C@H](O)[C@@H]1OC(C)(C)O[C@@H]1[C@H](O)COCc1ccccc1. The standard InChI is InChI=1S/C22H28O6/c1-22(2)27-20(17(23)14-26-13-15-9-5-4-6-10-15)21(28-22)19(24)16-11-7-8-12-18(16)25-3/h4-12,17,19-21,23-24H,13-14H2,1-3H3/t17-,19+,20-,21+/m1/s1. The van der Waals surface area contributed by atoms with Crippen LogP contribution >= 0.6 is 0 Å². The van der Waals surface area contributed by atoms with Crippen molar-refractivity contribution in [2.24, 2.45) is 0 Å². The van der Waals surface area contributed by atoms with Gasteiger partial charge < -0.3 is 29.2 Å². The Kier molecular flexibility index (Phi) is 6.69. The molecule has 2 N–H and O–H groups in total. The van der Waals surface area contributed by atoms with Gasteiger partial charge >= 0.3 is 0 Å². The Morgan fingerprint density at radius 3 is 2.32 bits per heavy atom. The van der Waals surface area contributed by atoms with E-state index in [0.29, 0.717) is 17.9 Å². The molecule has 0 saturated carbocycles. The monoisotopic (exact) mass is 388 g/mol. The lowest BCUT2D eigenvalue weighted by Crippen LogP contribution is -2.41. The third-order valence-electron chi connectivity index (χ3n) is 4.71. The summed E-state index contributed by atoms with van der Waals surface area (Å²) in [6, 6.07) is 16.9. The van der Waals surface area contributed by atoms with E-state index < -0.39 is 30.2 Å². The predicted octanol–water partition coefficient (Wildman–Crippen LogP) is 2.83. The quantitative estimate of drug-likeness (QED) is 0.724. The summed E-state index contributed by atoms with van der Waals surface area (Å²) in [6.45, 7) is 3.96. The Morgan fingerprint density at radius 2 is 1.61 bits per heavy atom. The number of hydrogen-bond acceptors (Lipinski definition) is 6. The van der Waals surface area contributed by atoms with Crippen LogP contribution in [-0.4, -0.2) is 48.0 Å². The minimum atomic E-state index is -1.02. The summed E-state index contributed by atoms with van der Waals surface area (Å²) in [7, 11) is 1.55. The molecule has 2 aromatic rings. The maximum Gasteiger partial charge on any atom is 0.164 e. The number of hydrogen-bond donors (Lipinski definition) is 2. The molecular weight excluding hydrogens is 360 g/mol. The highest BCUT2D eigenvalue weighted by molar-refractivity contribution is 5.36. The zero-order valence-corrected chi connectivity index (χ0v) is 16.4. The molecule has 3 rings (SSSR count). The van der Waals surface area contributed by atoms with Gasteiger partial charge in [-0.05, 0) is 25.5 Å². The number of rotatable bonds is 8. The van der Waals surface area contributed by atoms with E-state index in [1.165, 1.54) is 0 Å². The fourth-order valence-electron chi connectivity index (χ4n) is 3.41. The van der Waals surface area contributed by atoms with Crippen molar-refractivity contribution >= 4 is 0 Å². The second-order valence-electron chi connectivity index (χ2n) is 7.32. The van der Waals surface area contributed by atoms with E-state index in [0.717, 1.165) is 5.56 Å². The molecule has 2 aromatic carbocycles. The summed E-state index contributed by atoms with van der Waals surface area (Å²) in [5.41, 5.74) is 1.60. The first-order valence-corrected chi connectivity index (χ1v) is 9.37. The van der Waals surface area contributed by atoms with Crippen LogP contribution in [0.1, 0.15) is 31.1 Å². The van der Waals surface area contributed by atoms with Gasteiger partial charge in [-0.15, -0.1) is 0 Å². The summed E-state index contributed by atoms with van der Waals surface area (Å²) >= 11 is 0. The molecule has 0 bridgehead atoms. The van der Waals surface area contributed by atoms with Gasteiger partial charge in [0.15, 0.2) is 5.79 Å². The smallest absolute Gasteiger partial charge is 0.164 e. The lowest BCUT2D eigenvalue weighted by molar-refractivity contribution is -0.163. The molecule has 1 saturated heterocycles. The van der Waals surface area contributed by atoms with Crippen molar-refractivity contribution in [2.45, 2.75) is 50.7 Å². The maximum atomic E-state index is 11.0. The molecule has 0 unspecified atom stereocenters. The normalized spacial score (nSPS) is 23.3. The third-order valence-corrected chi connectivity index (χ3v) is 4.71. The summed E-state index contributed by atoms with van der Waals surface area (Å²) in [5.74, 6) is -0.379. The largest absolute Gasteiger partial charge is 0.496 e. The van der Waals surface area contributed by atoms with Crippen LogP contribution in [0.15, 0.2) is 54.6 Å². The van der Waals surface area contributed by atoms with Gasteiger partial charge in [0.2, 0.25) is 0 Å². The predicted molar refractivity (Wildman–Crippen MR) is 104 cm³/mol. The van der Waals surface area contributed by atoms with Crippen LogP contribution in [0.5, 0.6) is 5.75 Å². The number of para-hydroxylation sites is 1. The van der Waals surface area contributed by atoms with Gasteiger partial charge in [-0.2, -0.15) is 0 Å². The molecule has 28 heavy (non-hydrogen) atoms. The number of aliphatic hydroxyl groups excluding tert-OH is 2. The Hall–Kier alpha value is -1.96. The number of benzene rings is 2. The van der Waals surface area contributed by atoms with Crippen LogP contribution in [0.4, 0.5) is 0 Å². The molecule has 152 valence electrons. The molecule has 0 radical (unpaired) electrons. The number of aliphatic hydroxyl groups is 2. The maximum absolute atomic E-state index is 11.0. The van der Waals surface area contributed by atoms with E-state index in [1.807, 2.05) is 42.5 Å². The van der Waals surface area contributed by atoms with Crippen molar-refractivity contribution in [2.75, 3.05) is 13.7 Å². The molecule has 1 aliphatic rings. The van der Waals surface area contributed by atoms with Gasteiger partial charge in [-0.1, -0.05) is 48.5 Å². The van der Waals surface area contributed by atoms with Crippen LogP contribution < -0.4 is 4.74 Å².